The summed E-state index contributed by atoms with van der Waals surface area (Å²) in [5.74, 6) is -0.993. The number of ether oxygens (including phenoxy) is 2. The van der Waals surface area contributed by atoms with Crippen LogP contribution in [0, 0.1) is 10.1 Å². The van der Waals surface area contributed by atoms with E-state index in [1.54, 1.807) is 16.8 Å². The van der Waals surface area contributed by atoms with Crippen molar-refractivity contribution in [3.8, 4) is 5.75 Å². The van der Waals surface area contributed by atoms with Crippen molar-refractivity contribution in [2.45, 2.75) is 13.0 Å². The Bertz CT molecular complexity index is 759. The van der Waals surface area contributed by atoms with Gasteiger partial charge in [0.25, 0.3) is 11.6 Å². The molecule has 9 heteroatoms. The summed E-state index contributed by atoms with van der Waals surface area (Å²) in [4.78, 5) is 34.2. The minimum Gasteiger partial charge on any atom is -0.495 e. The molecule has 1 amide bonds. The average Bonchev–Trinajstić information content (AvgIpc) is 3.09. The van der Waals surface area contributed by atoms with Crippen LogP contribution in [0.5, 0.6) is 5.75 Å². The molecule has 0 aliphatic carbocycles. The number of nitrogens with zero attached hydrogens (tertiary/aromatic N) is 1. The Balaban J connectivity index is 2.09. The first-order valence-corrected chi connectivity index (χ1v) is 7.73. The van der Waals surface area contributed by atoms with E-state index in [0.717, 1.165) is 0 Å². The van der Waals surface area contributed by atoms with Crippen LogP contribution in [0.25, 0.3) is 0 Å². The molecule has 0 aliphatic heterocycles. The summed E-state index contributed by atoms with van der Waals surface area (Å²) >= 11 is 1.33. The second-order valence-corrected chi connectivity index (χ2v) is 5.47. The smallest absolute Gasteiger partial charge is 0.339 e. The van der Waals surface area contributed by atoms with Crippen LogP contribution in [0.4, 0.5) is 11.4 Å². The summed E-state index contributed by atoms with van der Waals surface area (Å²) in [5, 5.41) is 16.6. The van der Waals surface area contributed by atoms with E-state index in [9.17, 15) is 19.7 Å². The number of methoxy groups -OCH3 is 1. The van der Waals surface area contributed by atoms with E-state index in [2.05, 4.69) is 5.32 Å². The lowest BCUT2D eigenvalue weighted by Crippen LogP contribution is -2.30. The molecule has 126 valence electrons. The summed E-state index contributed by atoms with van der Waals surface area (Å²) in [6, 6.07) is 5.38. The maximum Gasteiger partial charge on any atom is 0.339 e. The highest BCUT2D eigenvalue weighted by Crippen LogP contribution is 2.29. The zero-order valence-corrected chi connectivity index (χ0v) is 13.7. The third-order valence-corrected chi connectivity index (χ3v) is 3.74. The van der Waals surface area contributed by atoms with E-state index in [4.69, 9.17) is 9.47 Å². The normalized spacial score (nSPS) is 11.4. The lowest BCUT2D eigenvalue weighted by molar-refractivity contribution is -0.384. The first kappa shape index (κ1) is 17.4. The Morgan fingerprint density at radius 1 is 1.33 bits per heavy atom. The molecule has 0 saturated carbocycles. The number of amides is 1. The van der Waals surface area contributed by atoms with Crippen molar-refractivity contribution in [3.05, 3.63) is 50.7 Å². The first-order chi connectivity index (χ1) is 11.4. The molecule has 0 saturated heterocycles. The lowest BCUT2D eigenvalue weighted by atomic mass is 10.2. The molecule has 0 fully saturated rings. The van der Waals surface area contributed by atoms with Crippen molar-refractivity contribution in [1.29, 1.82) is 0 Å². The fourth-order valence-corrected chi connectivity index (χ4v) is 2.43. The van der Waals surface area contributed by atoms with E-state index in [1.165, 1.54) is 43.6 Å². The molecule has 0 radical (unpaired) electrons. The number of anilines is 1. The Hall–Kier alpha value is -2.94. The van der Waals surface area contributed by atoms with Gasteiger partial charge in [0.05, 0.1) is 23.3 Å². The molecule has 1 heterocycles. The molecule has 1 atom stereocenters. The number of nitro groups is 1. The van der Waals surface area contributed by atoms with Crippen LogP contribution in [0.15, 0.2) is 35.0 Å². The van der Waals surface area contributed by atoms with Crippen LogP contribution < -0.4 is 10.1 Å². The third-order valence-electron chi connectivity index (χ3n) is 3.06. The summed E-state index contributed by atoms with van der Waals surface area (Å²) < 4.78 is 10.1. The standard InChI is InChI=1S/C15H14N2O6S/c1-9(23-15(19)10-5-6-24-8-10)14(18)16-12-7-11(17(20)21)3-4-13(12)22-2/h3-9H,1-2H3,(H,16,18). The van der Waals surface area contributed by atoms with Gasteiger partial charge in [-0.05, 0) is 24.4 Å². The van der Waals surface area contributed by atoms with Gasteiger partial charge >= 0.3 is 5.97 Å². The van der Waals surface area contributed by atoms with Gasteiger partial charge in [-0.25, -0.2) is 4.79 Å². The van der Waals surface area contributed by atoms with Gasteiger partial charge < -0.3 is 14.8 Å². The lowest BCUT2D eigenvalue weighted by Gasteiger charge is -2.14. The fraction of sp³-hybridized carbons (Fsp3) is 0.200. The van der Waals surface area contributed by atoms with Crippen molar-refractivity contribution >= 4 is 34.6 Å². The van der Waals surface area contributed by atoms with E-state index in [1.807, 2.05) is 0 Å². The maximum atomic E-state index is 12.2. The van der Waals surface area contributed by atoms with Crippen LogP contribution in [-0.2, 0) is 9.53 Å². The van der Waals surface area contributed by atoms with E-state index < -0.39 is 22.9 Å². The average molecular weight is 350 g/mol. The number of benzene rings is 1. The molecule has 24 heavy (non-hydrogen) atoms. The SMILES string of the molecule is COc1ccc([N+](=O)[O-])cc1NC(=O)C(C)OC(=O)c1ccsc1. The maximum absolute atomic E-state index is 12.2. The van der Waals surface area contributed by atoms with Gasteiger partial charge in [0, 0.05) is 17.5 Å². The minimum absolute atomic E-state index is 0.120. The topological polar surface area (TPSA) is 108 Å². The predicted molar refractivity (Wildman–Crippen MR) is 87.5 cm³/mol. The molecule has 1 unspecified atom stereocenters. The number of carbonyl (C=O) groups excluding carboxylic acids is 2. The predicted octanol–water partition coefficient (Wildman–Crippen LogP) is 2.85. The van der Waals surface area contributed by atoms with E-state index >= 15 is 0 Å². The summed E-state index contributed by atoms with van der Waals surface area (Å²) in [6.45, 7) is 1.41. The van der Waals surface area contributed by atoms with Crippen molar-refractivity contribution in [2.75, 3.05) is 12.4 Å². The molecule has 2 aromatic rings. The monoisotopic (exact) mass is 350 g/mol. The van der Waals surface area contributed by atoms with Crippen LogP contribution in [-0.4, -0.2) is 30.0 Å². The van der Waals surface area contributed by atoms with Gasteiger partial charge in [0.2, 0.25) is 0 Å². The van der Waals surface area contributed by atoms with Crippen LogP contribution in [0.3, 0.4) is 0 Å². The molecule has 2 rings (SSSR count). The number of esters is 1. The molecule has 1 aromatic carbocycles. The largest absolute Gasteiger partial charge is 0.495 e. The summed E-state index contributed by atoms with van der Waals surface area (Å²) in [6.07, 6.45) is -1.08. The van der Waals surface area contributed by atoms with E-state index in [0.29, 0.717) is 5.56 Å². The molecule has 0 bridgehead atoms. The minimum atomic E-state index is -1.08. The Labute approximate surface area is 141 Å². The van der Waals surface area contributed by atoms with Gasteiger partial charge in [-0.2, -0.15) is 11.3 Å². The molecule has 8 nitrogen and oxygen atoms in total. The summed E-state index contributed by atoms with van der Waals surface area (Å²) in [5.41, 5.74) is 0.275. The highest BCUT2D eigenvalue weighted by Gasteiger charge is 2.21. The molecular formula is C15H14N2O6S. The van der Waals surface area contributed by atoms with Gasteiger partial charge in [0.1, 0.15) is 5.75 Å². The Morgan fingerprint density at radius 2 is 2.08 bits per heavy atom. The summed E-state index contributed by atoms with van der Waals surface area (Å²) in [7, 11) is 1.37. The van der Waals surface area contributed by atoms with Crippen LogP contribution in [0.2, 0.25) is 0 Å². The Kier molecular flexibility index (Phi) is 5.48. The molecule has 1 N–H and O–H groups in total. The number of carbonyl (C=O) groups is 2. The molecule has 0 aliphatic rings. The van der Waals surface area contributed by atoms with Crippen molar-refractivity contribution in [3.63, 3.8) is 0 Å². The van der Waals surface area contributed by atoms with Crippen molar-refractivity contribution < 1.29 is 24.0 Å². The van der Waals surface area contributed by atoms with Gasteiger partial charge in [-0.3, -0.25) is 14.9 Å². The fourth-order valence-electron chi connectivity index (χ4n) is 1.80. The Morgan fingerprint density at radius 3 is 2.67 bits per heavy atom. The number of rotatable bonds is 6. The van der Waals surface area contributed by atoms with E-state index in [-0.39, 0.29) is 17.1 Å². The number of nitrogens with one attached hydrogen (secondary N) is 1. The number of non-ortho nitro benzene ring substituents is 1. The quantitative estimate of drug-likeness (QED) is 0.487. The number of hydrogen-bond acceptors (Lipinski definition) is 7. The van der Waals surface area contributed by atoms with Crippen molar-refractivity contribution in [2.24, 2.45) is 0 Å². The number of thiophene rings is 1. The van der Waals surface area contributed by atoms with Crippen LogP contribution >= 0.6 is 11.3 Å². The van der Waals surface area contributed by atoms with Crippen molar-refractivity contribution in [1.82, 2.24) is 0 Å². The third kappa shape index (κ3) is 4.07. The van der Waals surface area contributed by atoms with Gasteiger partial charge in [-0.1, -0.05) is 0 Å². The van der Waals surface area contributed by atoms with Crippen LogP contribution in [0.1, 0.15) is 17.3 Å². The van der Waals surface area contributed by atoms with Gasteiger partial charge in [-0.15, -0.1) is 0 Å². The molecule has 0 spiro atoms. The first-order valence-electron chi connectivity index (χ1n) is 6.79. The zero-order valence-electron chi connectivity index (χ0n) is 12.8. The highest BCUT2D eigenvalue weighted by molar-refractivity contribution is 7.08. The highest BCUT2D eigenvalue weighted by atomic mass is 32.1. The molecule has 1 aromatic heterocycles. The number of nitro benzene ring substituents is 1. The zero-order chi connectivity index (χ0) is 17.7. The second kappa shape index (κ2) is 7.55. The molecular weight excluding hydrogens is 336 g/mol. The second-order valence-electron chi connectivity index (χ2n) is 4.69. The van der Waals surface area contributed by atoms with Gasteiger partial charge in [0.15, 0.2) is 6.10 Å². The number of hydrogen-bond donors (Lipinski definition) is 1.